The van der Waals surface area contributed by atoms with Gasteiger partial charge in [-0.2, -0.15) is 13.1 Å². The third-order valence-electron chi connectivity index (χ3n) is 5.68. The number of esters is 2. The van der Waals surface area contributed by atoms with Crippen LogP contribution in [0, 0.1) is 0 Å². The molecule has 13 nitrogen and oxygen atoms in total. The Bertz CT molecular complexity index is 1550. The molecule has 0 spiro atoms. The summed E-state index contributed by atoms with van der Waals surface area (Å²) in [6.45, 7) is 2.52. The Morgan fingerprint density at radius 3 is 2.00 bits per heavy atom. The molecule has 0 radical (unpaired) electrons. The molecule has 1 fully saturated rings. The van der Waals surface area contributed by atoms with Gasteiger partial charge in [-0.05, 0) is 38.1 Å². The minimum atomic E-state index is -4.25. The van der Waals surface area contributed by atoms with Crippen molar-refractivity contribution in [3.63, 3.8) is 0 Å². The van der Waals surface area contributed by atoms with Gasteiger partial charge in [0.1, 0.15) is 6.10 Å². The van der Waals surface area contributed by atoms with E-state index in [1.165, 1.54) is 24.3 Å². The molecule has 2 unspecified atom stereocenters. The van der Waals surface area contributed by atoms with Gasteiger partial charge in [0.05, 0.1) is 17.7 Å². The van der Waals surface area contributed by atoms with E-state index in [0.717, 1.165) is 16.8 Å². The van der Waals surface area contributed by atoms with Crippen LogP contribution in [0.3, 0.4) is 0 Å². The molecule has 14 heteroatoms. The second-order valence-corrected chi connectivity index (χ2v) is 10.4. The van der Waals surface area contributed by atoms with Gasteiger partial charge in [-0.15, -0.1) is 0 Å². The first-order valence-corrected chi connectivity index (χ1v) is 13.6. The topological polar surface area (TPSA) is 172 Å². The Labute approximate surface area is 228 Å². The number of H-pyrrole nitrogens is 1. The lowest BCUT2D eigenvalue weighted by molar-refractivity contribution is -0.0577. The standard InChI is InChI=1S/C26H27N3O10S/c1-16(2)28-40(34,35)36-15-19-21(38-24(31)17-9-5-3-6-10-17)22(39-25(32)18-11-7-4-8-12-18)23(37-19)29-14-13-20(30)27-26(29)33/h3-14,16,19,21-23,28H,15H2,1-2H3,(H,27,30,33)/t19?,21?,22-,23-/m1/s1. The first kappa shape index (κ1) is 28.9. The van der Waals surface area contributed by atoms with Crippen molar-refractivity contribution in [2.75, 3.05) is 6.61 Å². The summed E-state index contributed by atoms with van der Waals surface area (Å²) in [4.78, 5) is 52.5. The number of ether oxygens (including phenoxy) is 3. The molecule has 4 atom stereocenters. The van der Waals surface area contributed by atoms with Crippen LogP contribution in [0.4, 0.5) is 0 Å². The van der Waals surface area contributed by atoms with Gasteiger partial charge in [0, 0.05) is 18.3 Å². The summed E-state index contributed by atoms with van der Waals surface area (Å²) < 4.78 is 50.3. The van der Waals surface area contributed by atoms with E-state index >= 15 is 0 Å². The van der Waals surface area contributed by atoms with Crippen molar-refractivity contribution in [3.8, 4) is 0 Å². The summed E-state index contributed by atoms with van der Waals surface area (Å²) in [7, 11) is -4.25. The van der Waals surface area contributed by atoms with Crippen LogP contribution in [0.5, 0.6) is 0 Å². The normalized spacial score (nSPS) is 20.8. The van der Waals surface area contributed by atoms with Gasteiger partial charge < -0.3 is 14.2 Å². The number of rotatable bonds is 10. The van der Waals surface area contributed by atoms with Crippen molar-refractivity contribution in [1.29, 1.82) is 0 Å². The zero-order valence-corrected chi connectivity index (χ0v) is 22.3. The lowest BCUT2D eigenvalue weighted by Crippen LogP contribution is -2.43. The zero-order valence-electron chi connectivity index (χ0n) is 21.5. The predicted octanol–water partition coefficient (Wildman–Crippen LogP) is 1.14. The minimum absolute atomic E-state index is 0.159. The third-order valence-corrected chi connectivity index (χ3v) is 6.89. The van der Waals surface area contributed by atoms with Gasteiger partial charge in [0.15, 0.2) is 18.4 Å². The highest BCUT2D eigenvalue weighted by Crippen LogP contribution is 2.34. The summed E-state index contributed by atoms with van der Waals surface area (Å²) in [6.07, 6.45) is -4.53. The lowest BCUT2D eigenvalue weighted by atomic mass is 10.1. The predicted molar refractivity (Wildman–Crippen MR) is 140 cm³/mol. The third kappa shape index (κ3) is 7.09. The van der Waals surface area contributed by atoms with Gasteiger partial charge in [0.2, 0.25) is 0 Å². The maximum atomic E-state index is 13.1. The molecule has 4 rings (SSSR count). The number of aromatic nitrogens is 2. The number of nitrogens with zero attached hydrogens (tertiary/aromatic N) is 1. The highest BCUT2D eigenvalue weighted by atomic mass is 32.2. The number of hydrogen-bond acceptors (Lipinski definition) is 10. The van der Waals surface area contributed by atoms with Crippen molar-refractivity contribution in [2.45, 2.75) is 44.4 Å². The fourth-order valence-electron chi connectivity index (χ4n) is 3.97. The molecule has 0 amide bonds. The van der Waals surface area contributed by atoms with Crippen LogP contribution in [-0.4, -0.2) is 60.9 Å². The quantitative estimate of drug-likeness (QED) is 0.335. The molecule has 0 saturated carbocycles. The average Bonchev–Trinajstić information content (AvgIpc) is 3.24. The summed E-state index contributed by atoms with van der Waals surface area (Å²) in [5.41, 5.74) is -1.27. The molecule has 0 bridgehead atoms. The smallest absolute Gasteiger partial charge is 0.338 e. The van der Waals surface area contributed by atoms with Gasteiger partial charge in [0.25, 0.3) is 5.56 Å². The van der Waals surface area contributed by atoms with E-state index in [1.807, 2.05) is 0 Å². The monoisotopic (exact) mass is 573 g/mol. The Kier molecular flexibility index (Phi) is 8.94. The SMILES string of the molecule is CC(C)NS(=O)(=O)OCC1O[C@@H](n2ccc(=O)[nH]c2=O)[C@H](OC(=O)c2ccccc2)C1OC(=O)c1ccccc1. The first-order valence-electron chi connectivity index (χ1n) is 12.2. The van der Waals surface area contributed by atoms with Crippen molar-refractivity contribution < 1.29 is 36.4 Å². The van der Waals surface area contributed by atoms with Crippen molar-refractivity contribution >= 4 is 22.2 Å². The number of carbonyl (C=O) groups excluding carboxylic acids is 2. The molecule has 1 aliphatic rings. The number of nitrogens with one attached hydrogen (secondary N) is 2. The minimum Gasteiger partial charge on any atom is -0.452 e. The number of carbonyl (C=O) groups is 2. The van der Waals surface area contributed by atoms with Crippen LogP contribution >= 0.6 is 0 Å². The van der Waals surface area contributed by atoms with E-state index in [0.29, 0.717) is 0 Å². The van der Waals surface area contributed by atoms with Gasteiger partial charge in [-0.3, -0.25) is 18.5 Å². The van der Waals surface area contributed by atoms with E-state index in [1.54, 1.807) is 50.2 Å². The Hall–Kier alpha value is -4.11. The Morgan fingerprint density at radius 1 is 0.925 bits per heavy atom. The molecule has 3 aromatic rings. The molecule has 1 aliphatic heterocycles. The fourth-order valence-corrected chi connectivity index (χ4v) is 4.93. The molecule has 2 aromatic carbocycles. The Balaban J connectivity index is 1.72. The van der Waals surface area contributed by atoms with Crippen LogP contribution < -0.4 is 16.0 Å². The fraction of sp³-hybridized carbons (Fsp3) is 0.308. The van der Waals surface area contributed by atoms with E-state index in [2.05, 4.69) is 9.71 Å². The van der Waals surface area contributed by atoms with Crippen LogP contribution in [0.1, 0.15) is 40.8 Å². The first-order chi connectivity index (χ1) is 19.0. The molecule has 2 heterocycles. The van der Waals surface area contributed by atoms with Gasteiger partial charge in [-0.1, -0.05) is 36.4 Å². The maximum Gasteiger partial charge on any atom is 0.338 e. The number of benzene rings is 2. The molecule has 1 aromatic heterocycles. The lowest BCUT2D eigenvalue weighted by Gasteiger charge is -2.25. The summed E-state index contributed by atoms with van der Waals surface area (Å²) in [6, 6.07) is 16.4. The van der Waals surface area contributed by atoms with Crippen LogP contribution in [0.25, 0.3) is 0 Å². The maximum absolute atomic E-state index is 13.1. The zero-order chi connectivity index (χ0) is 28.9. The Morgan fingerprint density at radius 2 is 1.48 bits per heavy atom. The molecule has 0 aliphatic carbocycles. The molecular weight excluding hydrogens is 546 g/mol. The highest BCUT2D eigenvalue weighted by Gasteiger charge is 2.51. The van der Waals surface area contributed by atoms with Gasteiger partial charge in [-0.25, -0.2) is 14.4 Å². The van der Waals surface area contributed by atoms with Crippen molar-refractivity contribution in [1.82, 2.24) is 14.3 Å². The van der Waals surface area contributed by atoms with Gasteiger partial charge >= 0.3 is 27.9 Å². The molecule has 40 heavy (non-hydrogen) atoms. The molecule has 2 N–H and O–H groups in total. The number of hydrogen-bond donors (Lipinski definition) is 2. The highest BCUT2D eigenvalue weighted by molar-refractivity contribution is 7.84. The summed E-state index contributed by atoms with van der Waals surface area (Å²) in [5, 5.41) is 0. The van der Waals surface area contributed by atoms with Crippen LogP contribution in [0.15, 0.2) is 82.5 Å². The number of aromatic amines is 1. The summed E-state index contributed by atoms with van der Waals surface area (Å²) in [5.74, 6) is -1.65. The second kappa shape index (κ2) is 12.4. The van der Waals surface area contributed by atoms with E-state index < -0.39 is 70.7 Å². The summed E-state index contributed by atoms with van der Waals surface area (Å²) >= 11 is 0. The largest absolute Gasteiger partial charge is 0.452 e. The van der Waals surface area contributed by atoms with Crippen LogP contribution in [0.2, 0.25) is 0 Å². The molecular formula is C26H27N3O10S. The molecule has 212 valence electrons. The second-order valence-electron chi connectivity index (χ2n) is 9.07. The molecule has 1 saturated heterocycles. The van der Waals surface area contributed by atoms with Crippen molar-refractivity contribution in [2.24, 2.45) is 0 Å². The average molecular weight is 574 g/mol. The van der Waals surface area contributed by atoms with Crippen LogP contribution in [-0.2, 0) is 28.7 Å². The van der Waals surface area contributed by atoms with E-state index in [-0.39, 0.29) is 11.1 Å². The van der Waals surface area contributed by atoms with Crippen molar-refractivity contribution in [3.05, 3.63) is 105 Å². The van der Waals surface area contributed by atoms with E-state index in [9.17, 15) is 27.6 Å². The van der Waals surface area contributed by atoms with E-state index in [4.69, 9.17) is 18.4 Å².